The van der Waals surface area contributed by atoms with Crippen molar-refractivity contribution in [3.63, 3.8) is 0 Å². The van der Waals surface area contributed by atoms with Crippen molar-refractivity contribution in [1.29, 1.82) is 0 Å². The van der Waals surface area contributed by atoms with Crippen LogP contribution in [0.2, 0.25) is 0 Å². The summed E-state index contributed by atoms with van der Waals surface area (Å²) in [6.07, 6.45) is 5.21. The molecular formula is C22H13FN6S. The van der Waals surface area contributed by atoms with Crippen LogP contribution in [0.3, 0.4) is 0 Å². The molecule has 2 N–H and O–H groups in total. The van der Waals surface area contributed by atoms with Gasteiger partial charge < -0.3 is 4.98 Å². The number of H-pyrrole nitrogens is 2. The molecule has 0 bridgehead atoms. The number of halogens is 1. The van der Waals surface area contributed by atoms with Crippen molar-refractivity contribution < 1.29 is 4.39 Å². The lowest BCUT2D eigenvalue weighted by Gasteiger charge is -2.00. The zero-order chi connectivity index (χ0) is 20.1. The molecule has 6 aromatic heterocycles. The van der Waals surface area contributed by atoms with Gasteiger partial charge in [-0.2, -0.15) is 9.49 Å². The van der Waals surface area contributed by atoms with Crippen molar-refractivity contribution in [2.45, 2.75) is 0 Å². The number of aromatic nitrogens is 6. The fourth-order valence-electron chi connectivity index (χ4n) is 3.60. The van der Waals surface area contributed by atoms with Crippen LogP contribution in [-0.4, -0.2) is 30.1 Å². The lowest BCUT2D eigenvalue weighted by atomic mass is 10.1. The van der Waals surface area contributed by atoms with Gasteiger partial charge in [-0.05, 0) is 48.5 Å². The van der Waals surface area contributed by atoms with Gasteiger partial charge >= 0.3 is 0 Å². The maximum absolute atomic E-state index is 13.6. The lowest BCUT2D eigenvalue weighted by molar-refractivity contribution is 0.657. The molecule has 6 nitrogen and oxygen atoms in total. The van der Waals surface area contributed by atoms with Gasteiger partial charge in [0.25, 0.3) is 0 Å². The van der Waals surface area contributed by atoms with Gasteiger partial charge in [-0.3, -0.25) is 10.1 Å². The van der Waals surface area contributed by atoms with Crippen molar-refractivity contribution in [3.05, 3.63) is 72.3 Å². The molecule has 0 unspecified atom stereocenters. The van der Waals surface area contributed by atoms with Gasteiger partial charge in [0.1, 0.15) is 16.9 Å². The normalized spacial score (nSPS) is 11.5. The largest absolute Gasteiger partial charge is 0.338 e. The van der Waals surface area contributed by atoms with Crippen LogP contribution in [0.1, 0.15) is 0 Å². The minimum Gasteiger partial charge on any atom is -0.338 e. The fraction of sp³-hybridized carbons (Fsp3) is 0. The van der Waals surface area contributed by atoms with E-state index in [4.69, 9.17) is 4.98 Å². The van der Waals surface area contributed by atoms with E-state index < -0.39 is 0 Å². The van der Waals surface area contributed by atoms with Crippen molar-refractivity contribution in [1.82, 2.24) is 30.1 Å². The molecule has 0 atom stereocenters. The van der Waals surface area contributed by atoms with Crippen LogP contribution in [-0.2, 0) is 0 Å². The molecule has 0 spiro atoms. The Hall–Kier alpha value is -3.91. The summed E-state index contributed by atoms with van der Waals surface area (Å²) in [5.74, 6) is 0. The Balaban J connectivity index is 1.52. The van der Waals surface area contributed by atoms with Gasteiger partial charge in [-0.1, -0.05) is 0 Å². The summed E-state index contributed by atoms with van der Waals surface area (Å²) in [5, 5.41) is 8.23. The quantitative estimate of drug-likeness (QED) is 0.406. The van der Waals surface area contributed by atoms with Crippen LogP contribution < -0.4 is 0 Å². The van der Waals surface area contributed by atoms with E-state index in [0.717, 1.165) is 60.8 Å². The molecule has 6 aromatic rings. The maximum Gasteiger partial charge on any atom is 0.176 e. The van der Waals surface area contributed by atoms with Crippen molar-refractivity contribution in [2.75, 3.05) is 0 Å². The van der Waals surface area contributed by atoms with E-state index in [9.17, 15) is 4.39 Å². The zero-order valence-electron chi connectivity index (χ0n) is 15.4. The number of hydrogen-bond acceptors (Lipinski definition) is 5. The summed E-state index contributed by atoms with van der Waals surface area (Å²) < 4.78 is 13.6. The van der Waals surface area contributed by atoms with Gasteiger partial charge in [0, 0.05) is 40.0 Å². The van der Waals surface area contributed by atoms with E-state index in [1.54, 1.807) is 24.7 Å². The Bertz CT molecular complexity index is 1520. The van der Waals surface area contributed by atoms with Crippen LogP contribution in [0.5, 0.6) is 0 Å². The molecule has 0 amide bonds. The molecule has 8 heteroatoms. The maximum atomic E-state index is 13.6. The Kier molecular flexibility index (Phi) is 3.72. The molecule has 0 saturated carbocycles. The van der Waals surface area contributed by atoms with Crippen LogP contribution in [0, 0.1) is 5.13 Å². The lowest BCUT2D eigenvalue weighted by Crippen LogP contribution is -1.86. The number of aromatic amines is 2. The van der Waals surface area contributed by atoms with Crippen LogP contribution in [0.4, 0.5) is 4.39 Å². The molecule has 0 fully saturated rings. The number of nitrogens with zero attached hydrogens (tertiary/aromatic N) is 4. The van der Waals surface area contributed by atoms with Gasteiger partial charge in [0.15, 0.2) is 5.13 Å². The van der Waals surface area contributed by atoms with Crippen molar-refractivity contribution in [3.8, 4) is 33.1 Å². The topological polar surface area (TPSA) is 83.1 Å². The zero-order valence-corrected chi connectivity index (χ0v) is 16.2. The van der Waals surface area contributed by atoms with E-state index in [2.05, 4.69) is 25.1 Å². The molecule has 0 aromatic carbocycles. The summed E-state index contributed by atoms with van der Waals surface area (Å²) in [5.41, 5.74) is 6.60. The van der Waals surface area contributed by atoms with E-state index in [1.165, 1.54) is 6.07 Å². The highest BCUT2D eigenvalue weighted by Crippen LogP contribution is 2.35. The first-order chi connectivity index (χ1) is 14.8. The molecule has 6 rings (SSSR count). The summed E-state index contributed by atoms with van der Waals surface area (Å²) in [6, 6.07) is 14.9. The third-order valence-corrected chi connectivity index (χ3v) is 5.92. The first-order valence-corrected chi connectivity index (χ1v) is 10.1. The smallest absolute Gasteiger partial charge is 0.176 e. The van der Waals surface area contributed by atoms with Crippen molar-refractivity contribution in [2.24, 2.45) is 0 Å². The Morgan fingerprint density at radius 3 is 2.67 bits per heavy atom. The second-order valence-corrected chi connectivity index (χ2v) is 7.84. The molecule has 0 aliphatic carbocycles. The van der Waals surface area contributed by atoms with Gasteiger partial charge in [0.2, 0.25) is 0 Å². The highest BCUT2D eigenvalue weighted by molar-refractivity contribution is 7.14. The van der Waals surface area contributed by atoms with Crippen LogP contribution in [0.25, 0.3) is 55.2 Å². The third-order valence-electron chi connectivity index (χ3n) is 5.01. The summed E-state index contributed by atoms with van der Waals surface area (Å²) in [7, 11) is 0. The summed E-state index contributed by atoms with van der Waals surface area (Å²) in [6.45, 7) is 0. The molecule has 0 radical (unpaired) electrons. The second-order valence-electron chi connectivity index (χ2n) is 6.81. The summed E-state index contributed by atoms with van der Waals surface area (Å²) >= 11 is 1.12. The number of thiophene rings is 1. The predicted molar refractivity (Wildman–Crippen MR) is 115 cm³/mol. The van der Waals surface area contributed by atoms with E-state index in [-0.39, 0.29) is 5.13 Å². The SMILES string of the molecule is Fc1ccc(-c2ccnc3[nH]c(-c4n[nH]c5ccc(-c6ccncc6)nc45)cc23)s1. The van der Waals surface area contributed by atoms with Gasteiger partial charge in [-0.25, -0.2) is 9.97 Å². The van der Waals surface area contributed by atoms with Gasteiger partial charge in [-0.15, -0.1) is 11.3 Å². The average molecular weight is 412 g/mol. The Morgan fingerprint density at radius 2 is 1.83 bits per heavy atom. The number of hydrogen-bond donors (Lipinski definition) is 2. The number of rotatable bonds is 3. The second kappa shape index (κ2) is 6.57. The monoisotopic (exact) mass is 412 g/mol. The first kappa shape index (κ1) is 17.0. The van der Waals surface area contributed by atoms with Crippen LogP contribution in [0.15, 0.2) is 67.1 Å². The summed E-state index contributed by atoms with van der Waals surface area (Å²) in [4.78, 5) is 17.5. The molecule has 0 aliphatic heterocycles. The fourth-order valence-corrected chi connectivity index (χ4v) is 4.37. The standard InChI is InChI=1S/C22H13FN6S/c23-19-4-3-18(30-19)13-7-10-25-22-14(13)11-17(27-22)21-20-16(28-29-21)2-1-15(26-20)12-5-8-24-9-6-12/h1-11H,(H,25,27)(H,28,29). The van der Waals surface area contributed by atoms with E-state index in [0.29, 0.717) is 5.69 Å². The molecule has 0 saturated heterocycles. The minimum atomic E-state index is -0.211. The Morgan fingerprint density at radius 1 is 0.933 bits per heavy atom. The van der Waals surface area contributed by atoms with Crippen molar-refractivity contribution >= 4 is 33.4 Å². The highest BCUT2D eigenvalue weighted by atomic mass is 32.1. The molecule has 144 valence electrons. The predicted octanol–water partition coefficient (Wildman–Crippen LogP) is 5.43. The molecule has 0 aliphatic rings. The van der Waals surface area contributed by atoms with E-state index in [1.807, 2.05) is 36.4 Å². The van der Waals surface area contributed by atoms with E-state index >= 15 is 0 Å². The molecule has 30 heavy (non-hydrogen) atoms. The Labute approximate surface area is 173 Å². The number of pyridine rings is 3. The first-order valence-electron chi connectivity index (χ1n) is 9.25. The molecular weight excluding hydrogens is 399 g/mol. The number of fused-ring (bicyclic) bond motifs is 2. The molecule has 6 heterocycles. The number of nitrogens with one attached hydrogen (secondary N) is 2. The van der Waals surface area contributed by atoms with Gasteiger partial charge in [0.05, 0.1) is 16.9 Å². The third kappa shape index (κ3) is 2.69. The highest BCUT2D eigenvalue weighted by Gasteiger charge is 2.16. The average Bonchev–Trinajstić information content (AvgIpc) is 3.51. The minimum absolute atomic E-state index is 0.211. The van der Waals surface area contributed by atoms with Crippen LogP contribution >= 0.6 is 11.3 Å².